The van der Waals surface area contributed by atoms with E-state index in [1.807, 2.05) is 35.8 Å². The minimum atomic E-state index is -0.260. The number of fused-ring (bicyclic) bond motifs is 1. The third-order valence-corrected chi connectivity index (χ3v) is 4.70. The zero-order chi connectivity index (χ0) is 19.4. The fraction of sp³-hybridized carbons (Fsp3) is 0.300. The van der Waals surface area contributed by atoms with E-state index in [1.165, 1.54) is 0 Å². The van der Waals surface area contributed by atoms with E-state index in [0.717, 1.165) is 24.0 Å². The van der Waals surface area contributed by atoms with Gasteiger partial charge in [0.15, 0.2) is 11.5 Å². The lowest BCUT2D eigenvalue weighted by atomic mass is 10.2. The van der Waals surface area contributed by atoms with Crippen molar-refractivity contribution in [3.05, 3.63) is 46.4 Å². The first-order chi connectivity index (χ1) is 13.1. The molecule has 1 N–H and O–H groups in total. The normalized spacial score (nSPS) is 10.8. The molecule has 142 valence electrons. The van der Waals surface area contributed by atoms with Gasteiger partial charge in [-0.25, -0.2) is 4.98 Å². The zero-order valence-electron chi connectivity index (χ0n) is 15.6. The fourth-order valence-electron chi connectivity index (χ4n) is 2.93. The average Bonchev–Trinajstić information content (AvgIpc) is 3.01. The Labute approximate surface area is 166 Å². The van der Waals surface area contributed by atoms with Crippen LogP contribution in [0.5, 0.6) is 11.5 Å². The van der Waals surface area contributed by atoms with Crippen LogP contribution in [0.25, 0.3) is 11.0 Å². The highest BCUT2D eigenvalue weighted by molar-refractivity contribution is 9.10. The number of benzene rings is 2. The van der Waals surface area contributed by atoms with Gasteiger partial charge in [0.1, 0.15) is 0 Å². The third kappa shape index (κ3) is 3.93. The van der Waals surface area contributed by atoms with E-state index >= 15 is 0 Å². The Morgan fingerprint density at radius 1 is 1.26 bits per heavy atom. The Kier molecular flexibility index (Phi) is 6.01. The molecule has 0 unspecified atom stereocenters. The van der Waals surface area contributed by atoms with Gasteiger partial charge in [0.2, 0.25) is 5.95 Å². The molecule has 0 radical (unpaired) electrons. The smallest absolute Gasteiger partial charge is 0.258 e. The number of anilines is 1. The van der Waals surface area contributed by atoms with Crippen molar-refractivity contribution in [2.45, 2.75) is 26.8 Å². The maximum Gasteiger partial charge on any atom is 0.258 e. The van der Waals surface area contributed by atoms with Crippen LogP contribution >= 0.6 is 15.9 Å². The number of imidazole rings is 1. The minimum absolute atomic E-state index is 0.260. The summed E-state index contributed by atoms with van der Waals surface area (Å²) in [5.41, 5.74) is 2.31. The third-order valence-electron chi connectivity index (χ3n) is 4.11. The Morgan fingerprint density at radius 3 is 2.74 bits per heavy atom. The largest absolute Gasteiger partial charge is 0.493 e. The van der Waals surface area contributed by atoms with E-state index in [9.17, 15) is 4.79 Å². The molecule has 0 aliphatic rings. The molecule has 6 nitrogen and oxygen atoms in total. The molecule has 27 heavy (non-hydrogen) atoms. The number of para-hydroxylation sites is 2. The van der Waals surface area contributed by atoms with E-state index in [4.69, 9.17) is 9.47 Å². The average molecular weight is 432 g/mol. The van der Waals surface area contributed by atoms with Gasteiger partial charge >= 0.3 is 0 Å². The number of halogens is 1. The van der Waals surface area contributed by atoms with Crippen molar-refractivity contribution in [1.29, 1.82) is 0 Å². The highest BCUT2D eigenvalue weighted by Crippen LogP contribution is 2.36. The summed E-state index contributed by atoms with van der Waals surface area (Å²) in [6, 6.07) is 11.2. The van der Waals surface area contributed by atoms with Crippen molar-refractivity contribution in [3.8, 4) is 11.5 Å². The number of carbonyl (C=O) groups excluding carboxylic acids is 1. The van der Waals surface area contributed by atoms with Crippen molar-refractivity contribution in [2.75, 3.05) is 19.0 Å². The molecule has 0 bridgehead atoms. The SMILES string of the molecule is CCCn1c(NC(=O)c2cc(Br)c(OCC)c(OC)c2)nc2ccccc21. The number of nitrogens with zero attached hydrogens (tertiary/aromatic N) is 2. The summed E-state index contributed by atoms with van der Waals surface area (Å²) in [4.78, 5) is 17.4. The first-order valence-corrected chi connectivity index (χ1v) is 9.65. The number of aromatic nitrogens is 2. The standard InChI is InChI=1S/C20H22BrN3O3/c1-4-10-24-16-9-7-6-8-15(16)22-20(24)23-19(25)13-11-14(21)18(27-5-2)17(12-13)26-3/h6-9,11-12H,4-5,10H2,1-3H3,(H,22,23,25). The maximum absolute atomic E-state index is 12.9. The highest BCUT2D eigenvalue weighted by atomic mass is 79.9. The molecular weight excluding hydrogens is 410 g/mol. The lowest BCUT2D eigenvalue weighted by Crippen LogP contribution is -2.16. The van der Waals surface area contributed by atoms with E-state index < -0.39 is 0 Å². The molecule has 2 aromatic carbocycles. The molecule has 0 saturated carbocycles. The number of amides is 1. The number of nitrogens with one attached hydrogen (secondary N) is 1. The molecule has 3 rings (SSSR count). The molecule has 0 spiro atoms. The molecule has 0 fully saturated rings. The molecule has 0 saturated heterocycles. The number of hydrogen-bond acceptors (Lipinski definition) is 4. The van der Waals surface area contributed by atoms with E-state index in [-0.39, 0.29) is 5.91 Å². The molecule has 1 aromatic heterocycles. The summed E-state index contributed by atoms with van der Waals surface area (Å²) in [5, 5.41) is 2.93. The monoisotopic (exact) mass is 431 g/mol. The van der Waals surface area contributed by atoms with Gasteiger partial charge in [-0.05, 0) is 53.5 Å². The van der Waals surface area contributed by atoms with Crippen LogP contribution in [0.2, 0.25) is 0 Å². The van der Waals surface area contributed by atoms with Gasteiger partial charge in [-0.15, -0.1) is 0 Å². The van der Waals surface area contributed by atoms with Crippen molar-refractivity contribution < 1.29 is 14.3 Å². The van der Waals surface area contributed by atoms with Gasteiger partial charge in [-0.3, -0.25) is 10.1 Å². The Morgan fingerprint density at radius 2 is 2.04 bits per heavy atom. The number of methoxy groups -OCH3 is 1. The van der Waals surface area contributed by atoms with Crippen molar-refractivity contribution in [3.63, 3.8) is 0 Å². The van der Waals surface area contributed by atoms with Crippen LogP contribution in [0.15, 0.2) is 40.9 Å². The number of carbonyl (C=O) groups is 1. The van der Waals surface area contributed by atoms with E-state index in [2.05, 4.69) is 33.2 Å². The van der Waals surface area contributed by atoms with Crippen LogP contribution in [-0.2, 0) is 6.54 Å². The number of aryl methyl sites for hydroxylation is 1. The summed E-state index contributed by atoms with van der Waals surface area (Å²) in [7, 11) is 1.55. The zero-order valence-corrected chi connectivity index (χ0v) is 17.2. The second-order valence-electron chi connectivity index (χ2n) is 5.95. The lowest BCUT2D eigenvalue weighted by molar-refractivity contribution is 0.102. The first-order valence-electron chi connectivity index (χ1n) is 8.86. The summed E-state index contributed by atoms with van der Waals surface area (Å²) in [6.45, 7) is 5.26. The molecular formula is C20H22BrN3O3. The van der Waals surface area contributed by atoms with E-state index in [0.29, 0.717) is 34.1 Å². The van der Waals surface area contributed by atoms with Gasteiger partial charge in [0.05, 0.1) is 29.2 Å². The maximum atomic E-state index is 12.9. The molecule has 1 amide bonds. The summed E-state index contributed by atoms with van der Waals surface area (Å²) in [5.74, 6) is 1.35. The van der Waals surface area contributed by atoms with E-state index in [1.54, 1.807) is 19.2 Å². The van der Waals surface area contributed by atoms with Crippen molar-refractivity contribution in [2.24, 2.45) is 0 Å². The second kappa shape index (κ2) is 8.43. The number of ether oxygens (including phenoxy) is 2. The molecule has 0 aliphatic heterocycles. The van der Waals surface area contributed by atoms with Gasteiger partial charge in [-0.1, -0.05) is 19.1 Å². The first kappa shape index (κ1) is 19.2. The quantitative estimate of drug-likeness (QED) is 0.579. The van der Waals surface area contributed by atoms with Crippen molar-refractivity contribution in [1.82, 2.24) is 9.55 Å². The molecule has 0 aliphatic carbocycles. The second-order valence-corrected chi connectivity index (χ2v) is 6.81. The predicted molar refractivity (Wildman–Crippen MR) is 110 cm³/mol. The summed E-state index contributed by atoms with van der Waals surface area (Å²) >= 11 is 3.46. The van der Waals surface area contributed by atoms with Crippen LogP contribution in [0, 0.1) is 0 Å². The van der Waals surface area contributed by atoms with Gasteiger partial charge in [-0.2, -0.15) is 0 Å². The summed E-state index contributed by atoms with van der Waals surface area (Å²) in [6.07, 6.45) is 0.936. The highest BCUT2D eigenvalue weighted by Gasteiger charge is 2.18. The van der Waals surface area contributed by atoms with Crippen molar-refractivity contribution >= 4 is 38.8 Å². The predicted octanol–water partition coefficient (Wildman–Crippen LogP) is 4.87. The molecule has 1 heterocycles. The van der Waals surface area contributed by atoms with Crippen LogP contribution in [0.4, 0.5) is 5.95 Å². The number of hydrogen-bond donors (Lipinski definition) is 1. The Hall–Kier alpha value is -2.54. The Balaban J connectivity index is 1.95. The van der Waals surface area contributed by atoms with Gasteiger partial charge < -0.3 is 14.0 Å². The van der Waals surface area contributed by atoms with Crippen LogP contribution in [0.3, 0.4) is 0 Å². The fourth-order valence-corrected chi connectivity index (χ4v) is 3.49. The van der Waals surface area contributed by atoms with Crippen LogP contribution in [0.1, 0.15) is 30.6 Å². The van der Waals surface area contributed by atoms with Gasteiger partial charge in [0.25, 0.3) is 5.91 Å². The van der Waals surface area contributed by atoms with Gasteiger partial charge in [0, 0.05) is 12.1 Å². The molecule has 3 aromatic rings. The topological polar surface area (TPSA) is 65.4 Å². The number of rotatable bonds is 7. The van der Waals surface area contributed by atoms with Crippen LogP contribution < -0.4 is 14.8 Å². The van der Waals surface area contributed by atoms with Crippen LogP contribution in [-0.4, -0.2) is 29.2 Å². The minimum Gasteiger partial charge on any atom is -0.493 e. The lowest BCUT2D eigenvalue weighted by Gasteiger charge is -2.14. The Bertz CT molecular complexity index is 969. The molecule has 0 atom stereocenters. The summed E-state index contributed by atoms with van der Waals surface area (Å²) < 4.78 is 13.6. The molecule has 7 heteroatoms.